The number of nitrogens with zero attached hydrogens (tertiary/aromatic N) is 1. The van der Waals surface area contributed by atoms with Gasteiger partial charge in [0.2, 0.25) is 5.91 Å². The van der Waals surface area contributed by atoms with Gasteiger partial charge in [-0.1, -0.05) is 44.2 Å². The van der Waals surface area contributed by atoms with Crippen molar-refractivity contribution in [3.63, 3.8) is 0 Å². The number of carbonyl (C=O) groups is 2. The van der Waals surface area contributed by atoms with E-state index in [1.165, 1.54) is 10.5 Å². The Balaban J connectivity index is 1.92. The highest BCUT2D eigenvalue weighted by molar-refractivity contribution is 7.53. The summed E-state index contributed by atoms with van der Waals surface area (Å²) in [5.41, 5.74) is 1.31. The Bertz CT molecular complexity index is 639. The molecular formula is C22H34NO5P. The van der Waals surface area contributed by atoms with E-state index in [0.717, 1.165) is 31.8 Å². The van der Waals surface area contributed by atoms with Crippen LogP contribution in [0, 0.1) is 5.92 Å². The molecule has 0 aliphatic carbocycles. The third-order valence-corrected chi connectivity index (χ3v) is 7.11. The summed E-state index contributed by atoms with van der Waals surface area (Å²) in [5, 5.41) is 9.36. The first-order valence-corrected chi connectivity index (χ1v) is 12.1. The topological polar surface area (TPSA) is 76.1 Å². The lowest BCUT2D eigenvalue weighted by Gasteiger charge is -2.28. The molecule has 3 atom stereocenters. The van der Waals surface area contributed by atoms with Crippen LogP contribution in [0.3, 0.4) is 0 Å². The summed E-state index contributed by atoms with van der Waals surface area (Å²) in [6.45, 7) is 4.57. The summed E-state index contributed by atoms with van der Waals surface area (Å²) in [4.78, 5) is 25.8. The number of carbonyl (C=O) groups excluding carboxylic acids is 1. The second kappa shape index (κ2) is 12.3. The molecule has 7 heteroatoms. The average molecular weight is 423 g/mol. The molecule has 0 radical (unpaired) electrons. The quantitative estimate of drug-likeness (QED) is 0.311. The van der Waals surface area contributed by atoms with Gasteiger partial charge in [0, 0.05) is 27.7 Å². The van der Waals surface area contributed by atoms with Crippen LogP contribution in [0.25, 0.3) is 0 Å². The molecule has 1 aromatic rings. The maximum atomic E-state index is 12.8. The predicted molar refractivity (Wildman–Crippen MR) is 115 cm³/mol. The second-order valence-electron chi connectivity index (χ2n) is 7.84. The molecule has 3 unspecified atom stereocenters. The SMILES string of the molecule is COC(OP(CCCCc1ccccc1)CC(=O)N1CCCC1C(=O)O)C(C)C. The first-order chi connectivity index (χ1) is 13.9. The van der Waals surface area contributed by atoms with Crippen molar-refractivity contribution in [1.82, 2.24) is 4.90 Å². The van der Waals surface area contributed by atoms with Gasteiger partial charge in [0.25, 0.3) is 0 Å². The molecule has 1 fully saturated rings. The van der Waals surface area contributed by atoms with Crippen LogP contribution in [0.4, 0.5) is 0 Å². The number of unbranched alkanes of at least 4 members (excludes halogenated alkanes) is 1. The van der Waals surface area contributed by atoms with Crippen LogP contribution in [0.15, 0.2) is 30.3 Å². The third kappa shape index (κ3) is 7.69. The molecule has 0 bridgehead atoms. The largest absolute Gasteiger partial charge is 0.480 e. The van der Waals surface area contributed by atoms with Crippen molar-refractivity contribution in [2.24, 2.45) is 5.92 Å². The van der Waals surface area contributed by atoms with Crippen molar-refractivity contribution in [3.8, 4) is 0 Å². The highest BCUT2D eigenvalue weighted by Gasteiger charge is 2.35. The lowest BCUT2D eigenvalue weighted by atomic mass is 10.1. The smallest absolute Gasteiger partial charge is 0.326 e. The molecule has 6 nitrogen and oxygen atoms in total. The first-order valence-electron chi connectivity index (χ1n) is 10.4. The average Bonchev–Trinajstić information content (AvgIpc) is 3.20. The number of likely N-dealkylation sites (tertiary alicyclic amines) is 1. The number of hydrogen-bond acceptors (Lipinski definition) is 4. The van der Waals surface area contributed by atoms with Crippen molar-refractivity contribution in [1.29, 1.82) is 0 Å². The van der Waals surface area contributed by atoms with E-state index in [2.05, 4.69) is 12.1 Å². The second-order valence-corrected chi connectivity index (χ2v) is 9.78. The number of methoxy groups -OCH3 is 1. The third-order valence-electron chi connectivity index (χ3n) is 5.17. The molecular weight excluding hydrogens is 389 g/mol. The molecule has 1 aliphatic rings. The van der Waals surface area contributed by atoms with Gasteiger partial charge >= 0.3 is 5.97 Å². The zero-order chi connectivity index (χ0) is 21.2. The fourth-order valence-corrected chi connectivity index (χ4v) is 5.60. The number of carboxylic acids is 1. The van der Waals surface area contributed by atoms with E-state index in [0.29, 0.717) is 13.0 Å². The zero-order valence-electron chi connectivity index (χ0n) is 17.8. The summed E-state index contributed by atoms with van der Waals surface area (Å²) >= 11 is 0. The van der Waals surface area contributed by atoms with Crippen molar-refractivity contribution in [3.05, 3.63) is 35.9 Å². The van der Waals surface area contributed by atoms with Crippen LogP contribution in [0.5, 0.6) is 0 Å². The first kappa shape index (κ1) is 23.8. The number of carboxylic acid groups (broad SMARTS) is 1. The van der Waals surface area contributed by atoms with E-state index in [1.807, 2.05) is 32.0 Å². The van der Waals surface area contributed by atoms with Gasteiger partial charge in [-0.15, -0.1) is 0 Å². The molecule has 1 amide bonds. The fraction of sp³-hybridized carbons (Fsp3) is 0.636. The maximum Gasteiger partial charge on any atom is 0.326 e. The Morgan fingerprint density at radius 3 is 2.59 bits per heavy atom. The Morgan fingerprint density at radius 1 is 1.24 bits per heavy atom. The van der Waals surface area contributed by atoms with Gasteiger partial charge in [-0.05, 0) is 43.8 Å². The van der Waals surface area contributed by atoms with Gasteiger partial charge in [-0.3, -0.25) is 4.79 Å². The number of aryl methyl sites for hydroxylation is 1. The van der Waals surface area contributed by atoms with Gasteiger partial charge in [0.05, 0.1) is 6.16 Å². The van der Waals surface area contributed by atoms with Crippen molar-refractivity contribution >= 4 is 20.0 Å². The van der Waals surface area contributed by atoms with Gasteiger partial charge in [0.15, 0.2) is 6.29 Å². The summed E-state index contributed by atoms with van der Waals surface area (Å²) in [7, 11) is 0.600. The van der Waals surface area contributed by atoms with E-state index in [9.17, 15) is 14.7 Å². The number of ether oxygens (including phenoxy) is 1. The maximum absolute atomic E-state index is 12.8. The van der Waals surface area contributed by atoms with Crippen molar-refractivity contribution < 1.29 is 24.0 Å². The molecule has 1 aliphatic heterocycles. The molecule has 29 heavy (non-hydrogen) atoms. The van der Waals surface area contributed by atoms with Gasteiger partial charge in [-0.2, -0.15) is 0 Å². The van der Waals surface area contributed by atoms with Crippen LogP contribution in [-0.2, 0) is 25.3 Å². The molecule has 1 aromatic carbocycles. The minimum atomic E-state index is -1.02. The summed E-state index contributed by atoms with van der Waals surface area (Å²) in [6, 6.07) is 9.67. The number of aliphatic carboxylic acids is 1. The number of amides is 1. The van der Waals surface area contributed by atoms with E-state index in [-0.39, 0.29) is 24.3 Å². The molecule has 0 saturated carbocycles. The Morgan fingerprint density at radius 2 is 1.97 bits per heavy atom. The van der Waals surface area contributed by atoms with E-state index < -0.39 is 20.2 Å². The fourth-order valence-electron chi connectivity index (χ4n) is 3.58. The molecule has 2 rings (SSSR count). The standard InChI is InChI=1S/C22H34NO5P/c1-17(2)22(27-3)28-29(15-8-7-12-18-10-5-4-6-11-18)16-20(24)23-14-9-13-19(23)21(25)26/h4-6,10-11,17,19,22H,7-9,12-16H2,1-3H3,(H,25,26). The zero-order valence-corrected chi connectivity index (χ0v) is 18.6. The lowest BCUT2D eigenvalue weighted by molar-refractivity contribution is -0.147. The van der Waals surface area contributed by atoms with E-state index in [4.69, 9.17) is 9.26 Å². The van der Waals surface area contributed by atoms with Gasteiger partial charge in [-0.25, -0.2) is 4.79 Å². The normalized spacial score (nSPS) is 18.8. The minimum absolute atomic E-state index is 0.109. The van der Waals surface area contributed by atoms with Crippen LogP contribution in [-0.4, -0.2) is 60.2 Å². The molecule has 1 saturated heterocycles. The van der Waals surface area contributed by atoms with Crippen LogP contribution in [0.2, 0.25) is 0 Å². The monoisotopic (exact) mass is 423 g/mol. The predicted octanol–water partition coefficient (Wildman–Crippen LogP) is 4.13. The molecule has 1 heterocycles. The van der Waals surface area contributed by atoms with Crippen LogP contribution >= 0.6 is 8.15 Å². The van der Waals surface area contributed by atoms with E-state index >= 15 is 0 Å². The van der Waals surface area contributed by atoms with Crippen molar-refractivity contribution in [2.75, 3.05) is 26.0 Å². The minimum Gasteiger partial charge on any atom is -0.480 e. The summed E-state index contributed by atoms with van der Waals surface area (Å²) in [5.74, 6) is -0.841. The molecule has 162 valence electrons. The highest BCUT2D eigenvalue weighted by atomic mass is 31.1. The van der Waals surface area contributed by atoms with Crippen LogP contribution < -0.4 is 0 Å². The van der Waals surface area contributed by atoms with Gasteiger partial charge in [0.1, 0.15) is 6.04 Å². The lowest BCUT2D eigenvalue weighted by Crippen LogP contribution is -2.41. The highest BCUT2D eigenvalue weighted by Crippen LogP contribution is 2.41. The number of rotatable bonds is 12. The summed E-state index contributed by atoms with van der Waals surface area (Å²) in [6.07, 6.45) is 4.99. The molecule has 1 N–H and O–H groups in total. The van der Waals surface area contributed by atoms with E-state index in [1.54, 1.807) is 7.11 Å². The number of hydrogen-bond donors (Lipinski definition) is 1. The molecule has 0 aromatic heterocycles. The Labute approximate surface area is 175 Å². The Kier molecular flexibility index (Phi) is 10.1. The van der Waals surface area contributed by atoms with Gasteiger partial charge < -0.3 is 19.3 Å². The molecule has 0 spiro atoms. The summed E-state index contributed by atoms with van der Waals surface area (Å²) < 4.78 is 11.6. The van der Waals surface area contributed by atoms with Crippen molar-refractivity contribution in [2.45, 2.75) is 58.3 Å². The van der Waals surface area contributed by atoms with Crippen LogP contribution in [0.1, 0.15) is 45.1 Å². The number of benzene rings is 1. The Hall–Kier alpha value is -1.49.